The summed E-state index contributed by atoms with van der Waals surface area (Å²) in [5.41, 5.74) is 0.981. The molecule has 160 valence electrons. The van der Waals surface area contributed by atoms with Crippen LogP contribution in [-0.2, 0) is 22.6 Å². The normalized spacial score (nSPS) is 13.4. The Morgan fingerprint density at radius 1 is 1.07 bits per heavy atom. The fourth-order valence-electron chi connectivity index (χ4n) is 2.80. The molecule has 2 aromatic rings. The second-order valence-electron chi connectivity index (χ2n) is 7.86. The first-order valence-corrected chi connectivity index (χ1v) is 9.52. The Morgan fingerprint density at radius 2 is 1.73 bits per heavy atom. The Morgan fingerprint density at radius 3 is 2.40 bits per heavy atom. The van der Waals surface area contributed by atoms with Crippen molar-refractivity contribution in [2.45, 2.75) is 45.4 Å². The molecule has 30 heavy (non-hydrogen) atoms. The smallest absolute Gasteiger partial charge is 0.408 e. The van der Waals surface area contributed by atoms with Gasteiger partial charge in [0, 0.05) is 6.42 Å². The lowest BCUT2D eigenvalue weighted by atomic mass is 10.1. The van der Waals surface area contributed by atoms with E-state index in [1.54, 1.807) is 45.0 Å². The summed E-state index contributed by atoms with van der Waals surface area (Å²) < 4.78 is 21.5. The van der Waals surface area contributed by atoms with E-state index in [1.165, 1.54) is 0 Å². The van der Waals surface area contributed by atoms with Gasteiger partial charge in [-0.05, 0) is 56.2 Å². The van der Waals surface area contributed by atoms with E-state index in [0.717, 1.165) is 16.9 Å². The van der Waals surface area contributed by atoms with E-state index in [2.05, 4.69) is 5.32 Å². The number of aliphatic carboxylic acids is 1. The number of carbonyl (C=O) groups is 2. The highest BCUT2D eigenvalue weighted by molar-refractivity contribution is 5.80. The first-order chi connectivity index (χ1) is 14.2. The molecule has 0 fully saturated rings. The van der Waals surface area contributed by atoms with Crippen molar-refractivity contribution in [1.82, 2.24) is 5.32 Å². The van der Waals surface area contributed by atoms with Crippen LogP contribution in [-0.4, -0.2) is 35.6 Å². The minimum atomic E-state index is -1.14. The topological polar surface area (TPSA) is 103 Å². The van der Waals surface area contributed by atoms with E-state index in [4.69, 9.17) is 18.9 Å². The fourth-order valence-corrected chi connectivity index (χ4v) is 2.80. The van der Waals surface area contributed by atoms with Gasteiger partial charge in [0.2, 0.25) is 6.79 Å². The van der Waals surface area contributed by atoms with Gasteiger partial charge in [0.25, 0.3) is 0 Å². The van der Waals surface area contributed by atoms with E-state index in [0.29, 0.717) is 18.1 Å². The number of amides is 1. The van der Waals surface area contributed by atoms with Crippen LogP contribution in [0, 0.1) is 0 Å². The summed E-state index contributed by atoms with van der Waals surface area (Å²) in [6.45, 7) is 5.72. The molecular formula is C22H25NO7. The van der Waals surface area contributed by atoms with Crippen LogP contribution < -0.4 is 19.5 Å². The van der Waals surface area contributed by atoms with Crippen LogP contribution in [0.1, 0.15) is 31.9 Å². The minimum absolute atomic E-state index is 0.122. The summed E-state index contributed by atoms with van der Waals surface area (Å²) in [5, 5.41) is 11.8. The molecule has 0 aliphatic carbocycles. The largest absolute Gasteiger partial charge is 0.489 e. The standard InChI is InChI=1S/C22H25NO7/c1-22(2,3)30-21(26)23-17(20(24)25)10-14-4-7-16(8-5-14)27-12-15-6-9-18-19(11-15)29-13-28-18/h4-9,11,17H,10,12-13H2,1-3H3,(H,23,26)(H,24,25). The van der Waals surface area contributed by atoms with E-state index in [1.807, 2.05) is 18.2 Å². The van der Waals surface area contributed by atoms with Crippen LogP contribution in [0.2, 0.25) is 0 Å². The van der Waals surface area contributed by atoms with Gasteiger partial charge in [-0.3, -0.25) is 0 Å². The molecule has 8 nitrogen and oxygen atoms in total. The zero-order chi connectivity index (χ0) is 21.7. The highest BCUT2D eigenvalue weighted by Gasteiger charge is 2.24. The Kier molecular flexibility index (Phi) is 6.34. The van der Waals surface area contributed by atoms with Crippen molar-refractivity contribution >= 4 is 12.1 Å². The number of alkyl carbamates (subject to hydrolysis) is 1. The molecule has 8 heteroatoms. The number of carboxylic acid groups (broad SMARTS) is 1. The third kappa shape index (κ3) is 6.04. The van der Waals surface area contributed by atoms with Gasteiger partial charge in [0.1, 0.15) is 24.0 Å². The maximum absolute atomic E-state index is 11.9. The number of carboxylic acids is 1. The van der Waals surface area contributed by atoms with Crippen molar-refractivity contribution in [3.63, 3.8) is 0 Å². The fraction of sp³-hybridized carbons (Fsp3) is 0.364. The van der Waals surface area contributed by atoms with Crippen molar-refractivity contribution in [1.29, 1.82) is 0 Å². The Balaban J connectivity index is 1.54. The average Bonchev–Trinajstić information content (AvgIpc) is 3.13. The van der Waals surface area contributed by atoms with Crippen molar-refractivity contribution < 1.29 is 33.6 Å². The quantitative estimate of drug-likeness (QED) is 0.713. The van der Waals surface area contributed by atoms with Crippen molar-refractivity contribution in [3.8, 4) is 17.2 Å². The lowest BCUT2D eigenvalue weighted by Crippen LogP contribution is -2.44. The molecule has 0 saturated heterocycles. The number of hydrogen-bond donors (Lipinski definition) is 2. The molecule has 1 amide bonds. The average molecular weight is 415 g/mol. The molecule has 3 rings (SSSR count). The highest BCUT2D eigenvalue weighted by atomic mass is 16.7. The lowest BCUT2D eigenvalue weighted by Gasteiger charge is -2.22. The van der Waals surface area contributed by atoms with Gasteiger partial charge in [0.15, 0.2) is 11.5 Å². The van der Waals surface area contributed by atoms with Crippen LogP contribution in [0.15, 0.2) is 42.5 Å². The third-order valence-electron chi connectivity index (χ3n) is 4.19. The number of fused-ring (bicyclic) bond motifs is 1. The molecule has 0 spiro atoms. The van der Waals surface area contributed by atoms with Crippen molar-refractivity contribution in [2.75, 3.05) is 6.79 Å². The van der Waals surface area contributed by atoms with E-state index >= 15 is 0 Å². The summed E-state index contributed by atoms with van der Waals surface area (Å²) in [7, 11) is 0. The van der Waals surface area contributed by atoms with Gasteiger partial charge in [-0.1, -0.05) is 18.2 Å². The van der Waals surface area contributed by atoms with Crippen LogP contribution in [0.3, 0.4) is 0 Å². The Hall–Kier alpha value is -3.42. The van der Waals surface area contributed by atoms with Crippen LogP contribution in [0.5, 0.6) is 17.2 Å². The first kappa shape index (κ1) is 21.3. The van der Waals surface area contributed by atoms with Gasteiger partial charge < -0.3 is 29.4 Å². The number of carbonyl (C=O) groups excluding carboxylic acids is 1. The SMILES string of the molecule is CC(C)(C)OC(=O)NC(Cc1ccc(OCc2ccc3c(c2)OCO3)cc1)C(=O)O. The zero-order valence-corrected chi connectivity index (χ0v) is 17.1. The molecule has 1 atom stereocenters. The lowest BCUT2D eigenvalue weighted by molar-refractivity contribution is -0.139. The second kappa shape index (κ2) is 8.94. The van der Waals surface area contributed by atoms with Gasteiger partial charge in [-0.2, -0.15) is 0 Å². The maximum Gasteiger partial charge on any atom is 0.408 e. The summed E-state index contributed by atoms with van der Waals surface area (Å²) in [6, 6.07) is 11.6. The van der Waals surface area contributed by atoms with Gasteiger partial charge in [0.05, 0.1) is 0 Å². The molecule has 1 aliphatic heterocycles. The van der Waals surface area contributed by atoms with Crippen LogP contribution in [0.25, 0.3) is 0 Å². The molecule has 0 saturated carbocycles. The van der Waals surface area contributed by atoms with E-state index < -0.39 is 23.7 Å². The van der Waals surface area contributed by atoms with Gasteiger partial charge >= 0.3 is 12.1 Å². The zero-order valence-electron chi connectivity index (χ0n) is 17.1. The predicted molar refractivity (Wildman–Crippen MR) is 108 cm³/mol. The molecule has 1 aliphatic rings. The highest BCUT2D eigenvalue weighted by Crippen LogP contribution is 2.32. The van der Waals surface area contributed by atoms with Crippen LogP contribution in [0.4, 0.5) is 4.79 Å². The summed E-state index contributed by atoms with van der Waals surface area (Å²) in [5.74, 6) is 0.923. The van der Waals surface area contributed by atoms with E-state index in [9.17, 15) is 14.7 Å². The summed E-state index contributed by atoms with van der Waals surface area (Å²) >= 11 is 0. The molecule has 0 aromatic heterocycles. The van der Waals surface area contributed by atoms with Crippen LogP contribution >= 0.6 is 0 Å². The predicted octanol–water partition coefficient (Wildman–Crippen LogP) is 3.51. The molecule has 0 radical (unpaired) electrons. The van der Waals surface area contributed by atoms with E-state index in [-0.39, 0.29) is 13.2 Å². The molecule has 0 bridgehead atoms. The molecule has 2 aromatic carbocycles. The maximum atomic E-state index is 11.9. The van der Waals surface area contributed by atoms with Crippen molar-refractivity contribution in [2.24, 2.45) is 0 Å². The Bertz CT molecular complexity index is 903. The first-order valence-electron chi connectivity index (χ1n) is 9.52. The third-order valence-corrected chi connectivity index (χ3v) is 4.19. The molecular weight excluding hydrogens is 390 g/mol. The monoisotopic (exact) mass is 415 g/mol. The summed E-state index contributed by atoms with van der Waals surface area (Å²) in [4.78, 5) is 23.4. The number of nitrogens with one attached hydrogen (secondary N) is 1. The minimum Gasteiger partial charge on any atom is -0.489 e. The van der Waals surface area contributed by atoms with Gasteiger partial charge in [-0.15, -0.1) is 0 Å². The summed E-state index contributed by atoms with van der Waals surface area (Å²) in [6.07, 6.45) is -0.643. The Labute approximate surface area is 174 Å². The van der Waals surface area contributed by atoms with Crippen molar-refractivity contribution in [3.05, 3.63) is 53.6 Å². The number of benzene rings is 2. The van der Waals surface area contributed by atoms with Gasteiger partial charge in [-0.25, -0.2) is 9.59 Å². The second-order valence-corrected chi connectivity index (χ2v) is 7.86. The molecule has 2 N–H and O–H groups in total. The number of ether oxygens (including phenoxy) is 4. The molecule has 1 heterocycles. The number of hydrogen-bond acceptors (Lipinski definition) is 6. The number of rotatable bonds is 7. The molecule has 1 unspecified atom stereocenters.